The van der Waals surface area contributed by atoms with Gasteiger partial charge >= 0.3 is 0 Å². The first-order valence-electron chi connectivity index (χ1n) is 6.25. The molecule has 112 valence electrons. The number of nitrogens with two attached hydrogens (primary N) is 1. The SMILES string of the molecule is CN(C)S(=O)(=O)c1cccc(CSc2ccc(N)cn2)c1. The molecular weight excluding hydrogens is 306 g/mol. The molecule has 0 fully saturated rings. The Morgan fingerprint density at radius 3 is 2.62 bits per heavy atom. The Kier molecular flexibility index (Phi) is 4.87. The molecule has 0 radical (unpaired) electrons. The van der Waals surface area contributed by atoms with E-state index in [1.54, 1.807) is 30.5 Å². The van der Waals surface area contributed by atoms with Crippen LogP contribution in [-0.2, 0) is 15.8 Å². The van der Waals surface area contributed by atoms with Crippen LogP contribution in [0.4, 0.5) is 5.69 Å². The van der Waals surface area contributed by atoms with Crippen molar-refractivity contribution in [1.82, 2.24) is 9.29 Å². The van der Waals surface area contributed by atoms with Crippen molar-refractivity contribution in [2.24, 2.45) is 0 Å². The molecule has 0 unspecified atom stereocenters. The zero-order valence-corrected chi connectivity index (χ0v) is 13.5. The molecule has 0 amide bonds. The minimum atomic E-state index is -3.40. The summed E-state index contributed by atoms with van der Waals surface area (Å²) in [7, 11) is -0.350. The fourth-order valence-corrected chi connectivity index (χ4v) is 3.40. The highest BCUT2D eigenvalue weighted by molar-refractivity contribution is 7.98. The molecule has 7 heteroatoms. The lowest BCUT2D eigenvalue weighted by atomic mass is 10.2. The Morgan fingerprint density at radius 2 is 2.00 bits per heavy atom. The summed E-state index contributed by atoms with van der Waals surface area (Å²) in [4.78, 5) is 4.51. The molecule has 0 spiro atoms. The average molecular weight is 323 g/mol. The third kappa shape index (κ3) is 3.96. The molecule has 2 rings (SSSR count). The number of anilines is 1. The Balaban J connectivity index is 2.13. The van der Waals surface area contributed by atoms with Gasteiger partial charge in [0.05, 0.1) is 21.8 Å². The lowest BCUT2D eigenvalue weighted by Gasteiger charge is -2.12. The van der Waals surface area contributed by atoms with Crippen LogP contribution >= 0.6 is 11.8 Å². The molecule has 0 aliphatic carbocycles. The van der Waals surface area contributed by atoms with Crippen LogP contribution < -0.4 is 5.73 Å². The predicted octanol–water partition coefficient (Wildman–Crippen LogP) is 2.21. The maximum atomic E-state index is 12.1. The summed E-state index contributed by atoms with van der Waals surface area (Å²) >= 11 is 1.53. The second-order valence-corrected chi connectivity index (χ2v) is 7.80. The zero-order chi connectivity index (χ0) is 15.5. The van der Waals surface area contributed by atoms with E-state index in [9.17, 15) is 8.42 Å². The molecule has 0 saturated carbocycles. The maximum Gasteiger partial charge on any atom is 0.242 e. The topological polar surface area (TPSA) is 76.3 Å². The van der Waals surface area contributed by atoms with Crippen LogP contribution in [0, 0.1) is 0 Å². The molecule has 0 aliphatic rings. The second kappa shape index (κ2) is 6.46. The number of benzene rings is 1. The summed E-state index contributed by atoms with van der Waals surface area (Å²) in [6.07, 6.45) is 1.61. The van der Waals surface area contributed by atoms with Crippen LogP contribution in [-0.4, -0.2) is 31.8 Å². The van der Waals surface area contributed by atoms with Gasteiger partial charge in [0, 0.05) is 19.8 Å². The monoisotopic (exact) mass is 323 g/mol. The minimum Gasteiger partial charge on any atom is -0.397 e. The summed E-state index contributed by atoms with van der Waals surface area (Å²) in [6, 6.07) is 10.6. The molecule has 21 heavy (non-hydrogen) atoms. The van der Waals surface area contributed by atoms with E-state index in [0.29, 0.717) is 16.3 Å². The van der Waals surface area contributed by atoms with Crippen molar-refractivity contribution in [3.05, 3.63) is 48.2 Å². The van der Waals surface area contributed by atoms with Crippen LogP contribution in [0.1, 0.15) is 5.56 Å². The van der Waals surface area contributed by atoms with Gasteiger partial charge in [0.15, 0.2) is 0 Å². The van der Waals surface area contributed by atoms with Gasteiger partial charge in [0.25, 0.3) is 0 Å². The minimum absolute atomic E-state index is 0.302. The summed E-state index contributed by atoms with van der Waals surface area (Å²) in [5.74, 6) is 0.647. The van der Waals surface area contributed by atoms with Crippen LogP contribution in [0.25, 0.3) is 0 Å². The van der Waals surface area contributed by atoms with Crippen LogP contribution in [0.2, 0.25) is 0 Å². The average Bonchev–Trinajstić information content (AvgIpc) is 2.47. The van der Waals surface area contributed by atoms with Crippen molar-refractivity contribution >= 4 is 27.5 Å². The number of nitrogens with zero attached hydrogens (tertiary/aromatic N) is 2. The van der Waals surface area contributed by atoms with E-state index < -0.39 is 10.0 Å². The second-order valence-electron chi connectivity index (χ2n) is 4.65. The van der Waals surface area contributed by atoms with Crippen molar-refractivity contribution < 1.29 is 8.42 Å². The third-order valence-electron chi connectivity index (χ3n) is 2.82. The van der Waals surface area contributed by atoms with Gasteiger partial charge < -0.3 is 5.73 Å². The number of sulfonamides is 1. The smallest absolute Gasteiger partial charge is 0.242 e. The van der Waals surface area contributed by atoms with Gasteiger partial charge in [-0.1, -0.05) is 12.1 Å². The maximum absolute atomic E-state index is 12.1. The summed E-state index contributed by atoms with van der Waals surface area (Å²) in [5, 5.41) is 0.852. The first kappa shape index (κ1) is 15.8. The fraction of sp³-hybridized carbons (Fsp3) is 0.214. The zero-order valence-electron chi connectivity index (χ0n) is 11.9. The highest BCUT2D eigenvalue weighted by atomic mass is 32.2. The molecule has 2 aromatic rings. The number of hydrogen-bond acceptors (Lipinski definition) is 5. The van der Waals surface area contributed by atoms with Gasteiger partial charge in [0.1, 0.15) is 0 Å². The van der Waals surface area contributed by atoms with E-state index in [2.05, 4.69) is 4.98 Å². The quantitative estimate of drug-likeness (QED) is 0.854. The van der Waals surface area contributed by atoms with Gasteiger partial charge in [-0.05, 0) is 29.8 Å². The number of pyridine rings is 1. The van der Waals surface area contributed by atoms with Gasteiger partial charge in [-0.15, -0.1) is 11.8 Å². The molecule has 1 heterocycles. The van der Waals surface area contributed by atoms with Crippen molar-refractivity contribution in [1.29, 1.82) is 0 Å². The van der Waals surface area contributed by atoms with E-state index in [1.807, 2.05) is 12.1 Å². The molecule has 5 nitrogen and oxygen atoms in total. The Morgan fingerprint density at radius 1 is 1.24 bits per heavy atom. The first-order valence-corrected chi connectivity index (χ1v) is 8.68. The molecule has 0 aliphatic heterocycles. The first-order chi connectivity index (χ1) is 9.89. The molecule has 1 aromatic carbocycles. The summed E-state index contributed by atoms with van der Waals surface area (Å²) < 4.78 is 25.4. The van der Waals surface area contributed by atoms with Crippen molar-refractivity contribution in [3.63, 3.8) is 0 Å². The van der Waals surface area contributed by atoms with Gasteiger partial charge in [0.2, 0.25) is 10.0 Å². The highest BCUT2D eigenvalue weighted by Crippen LogP contribution is 2.23. The highest BCUT2D eigenvalue weighted by Gasteiger charge is 2.17. The standard InChI is InChI=1S/C14H17N3O2S2/c1-17(2)21(18,19)13-5-3-4-11(8-13)10-20-14-7-6-12(15)9-16-14/h3-9H,10,15H2,1-2H3. The number of hydrogen-bond donors (Lipinski definition) is 1. The van der Waals surface area contributed by atoms with E-state index in [0.717, 1.165) is 10.6 Å². The number of nitrogen functional groups attached to an aromatic ring is 1. The largest absolute Gasteiger partial charge is 0.397 e. The van der Waals surface area contributed by atoms with E-state index in [4.69, 9.17) is 5.73 Å². The van der Waals surface area contributed by atoms with Crippen LogP contribution in [0.15, 0.2) is 52.5 Å². The lowest BCUT2D eigenvalue weighted by Crippen LogP contribution is -2.22. The molecule has 0 saturated heterocycles. The van der Waals surface area contributed by atoms with E-state index in [-0.39, 0.29) is 0 Å². The van der Waals surface area contributed by atoms with Gasteiger partial charge in [-0.25, -0.2) is 17.7 Å². The Bertz CT molecular complexity index is 713. The van der Waals surface area contributed by atoms with Gasteiger partial charge in [-0.3, -0.25) is 0 Å². The summed E-state index contributed by atoms with van der Waals surface area (Å²) in [6.45, 7) is 0. The normalized spacial score (nSPS) is 11.8. The third-order valence-corrected chi connectivity index (χ3v) is 5.65. The molecular formula is C14H17N3O2S2. The molecule has 2 N–H and O–H groups in total. The molecule has 0 atom stereocenters. The Labute approximate surface area is 129 Å². The number of thioether (sulfide) groups is 1. The molecule has 1 aromatic heterocycles. The fourth-order valence-electron chi connectivity index (χ4n) is 1.64. The van der Waals surface area contributed by atoms with Crippen LogP contribution in [0.3, 0.4) is 0 Å². The van der Waals surface area contributed by atoms with Gasteiger partial charge in [-0.2, -0.15) is 0 Å². The van der Waals surface area contributed by atoms with Crippen LogP contribution in [0.5, 0.6) is 0 Å². The number of rotatable bonds is 5. The number of aromatic nitrogens is 1. The summed E-state index contributed by atoms with van der Waals surface area (Å²) in [5.41, 5.74) is 7.14. The molecule has 0 bridgehead atoms. The van der Waals surface area contributed by atoms with Crippen molar-refractivity contribution in [2.45, 2.75) is 15.7 Å². The Hall–Kier alpha value is -1.57. The predicted molar refractivity (Wildman–Crippen MR) is 85.5 cm³/mol. The lowest BCUT2D eigenvalue weighted by molar-refractivity contribution is 0.520. The van der Waals surface area contributed by atoms with E-state index >= 15 is 0 Å². The van der Waals surface area contributed by atoms with E-state index in [1.165, 1.54) is 30.2 Å². The van der Waals surface area contributed by atoms with Crippen molar-refractivity contribution in [3.8, 4) is 0 Å². The van der Waals surface area contributed by atoms with Crippen molar-refractivity contribution in [2.75, 3.05) is 19.8 Å².